The second kappa shape index (κ2) is 12.0. The van der Waals surface area contributed by atoms with Crippen LogP contribution in [-0.2, 0) is 22.3 Å². The Labute approximate surface area is 237 Å². The molecule has 5 rings (SSSR count). The van der Waals surface area contributed by atoms with E-state index < -0.39 is 35.5 Å². The summed E-state index contributed by atoms with van der Waals surface area (Å²) in [5, 5.41) is 8.11. The maximum Gasteiger partial charge on any atom is 0.416 e. The molecule has 1 aromatic heterocycles. The third-order valence-electron chi connectivity index (χ3n) is 6.43. The Morgan fingerprint density at radius 1 is 1.00 bits per heavy atom. The van der Waals surface area contributed by atoms with Crippen LogP contribution in [0.5, 0.6) is 0 Å². The van der Waals surface area contributed by atoms with Gasteiger partial charge in [-0.2, -0.15) is 13.2 Å². The van der Waals surface area contributed by atoms with Gasteiger partial charge in [-0.05, 0) is 61.5 Å². The van der Waals surface area contributed by atoms with Crippen LogP contribution in [0.1, 0.15) is 27.9 Å². The van der Waals surface area contributed by atoms with Crippen LogP contribution in [0.3, 0.4) is 0 Å². The molecule has 2 amide bonds. The molecule has 4 aromatic rings. The first kappa shape index (κ1) is 29.6. The number of halogens is 5. The third-order valence-corrected chi connectivity index (χ3v) is 6.43. The van der Waals surface area contributed by atoms with E-state index in [1.54, 1.807) is 24.3 Å². The van der Waals surface area contributed by atoms with Gasteiger partial charge in [-0.1, -0.05) is 18.2 Å². The Bertz CT molecular complexity index is 1600. The Hall–Kier alpha value is -4.42. The molecule has 1 fully saturated rings. The minimum absolute atomic E-state index is 0. The Morgan fingerprint density at radius 3 is 2.37 bits per heavy atom. The van der Waals surface area contributed by atoms with Gasteiger partial charge in [-0.15, -0.1) is 12.4 Å². The van der Waals surface area contributed by atoms with E-state index in [0.29, 0.717) is 17.5 Å². The van der Waals surface area contributed by atoms with Gasteiger partial charge in [0.15, 0.2) is 0 Å². The van der Waals surface area contributed by atoms with Crippen molar-refractivity contribution in [2.45, 2.75) is 25.2 Å². The molecule has 3 N–H and O–H groups in total. The quantitative estimate of drug-likeness (QED) is 0.190. The van der Waals surface area contributed by atoms with Gasteiger partial charge in [-0.3, -0.25) is 14.2 Å². The molecule has 0 spiro atoms. The molecule has 8 nitrogen and oxygen atoms in total. The second-order valence-corrected chi connectivity index (χ2v) is 9.09. The summed E-state index contributed by atoms with van der Waals surface area (Å²) in [7, 11) is 0. The fourth-order valence-corrected chi connectivity index (χ4v) is 4.22. The van der Waals surface area contributed by atoms with Crippen LogP contribution in [0.2, 0.25) is 0 Å². The normalized spacial score (nSPS) is 14.5. The fraction of sp³-hybridized carbons (Fsp3) is 0.179. The molecule has 0 saturated carbocycles. The van der Waals surface area contributed by atoms with Crippen LogP contribution in [0, 0.1) is 5.82 Å². The molecule has 1 aliphatic heterocycles. The van der Waals surface area contributed by atoms with Gasteiger partial charge < -0.3 is 20.7 Å². The van der Waals surface area contributed by atoms with Gasteiger partial charge in [0.1, 0.15) is 18.5 Å². The second-order valence-electron chi connectivity index (χ2n) is 9.09. The predicted molar refractivity (Wildman–Crippen MR) is 146 cm³/mol. The number of carbonyl (C=O) groups excluding carboxylic acids is 3. The summed E-state index contributed by atoms with van der Waals surface area (Å²) in [6, 6.07) is 12.9. The number of nitrogens with zero attached hydrogens (tertiary/aromatic N) is 1. The molecule has 2 heterocycles. The van der Waals surface area contributed by atoms with Gasteiger partial charge in [0.05, 0.1) is 16.8 Å². The molecule has 0 radical (unpaired) electrons. The molecule has 1 atom stereocenters. The summed E-state index contributed by atoms with van der Waals surface area (Å²) in [4.78, 5) is 38.4. The molecule has 3 aromatic carbocycles. The maximum atomic E-state index is 14.1. The van der Waals surface area contributed by atoms with E-state index in [1.807, 2.05) is 0 Å². The maximum absolute atomic E-state index is 14.1. The van der Waals surface area contributed by atoms with Crippen molar-refractivity contribution in [3.63, 3.8) is 0 Å². The lowest BCUT2D eigenvalue weighted by Crippen LogP contribution is -2.49. The number of aromatic nitrogens is 1. The average molecular weight is 591 g/mol. The highest BCUT2D eigenvalue weighted by Gasteiger charge is 2.30. The van der Waals surface area contributed by atoms with Crippen molar-refractivity contribution in [2.24, 2.45) is 0 Å². The molecule has 13 heteroatoms. The fourth-order valence-electron chi connectivity index (χ4n) is 4.22. The molecular formula is C28H23ClF4N4O4. The molecule has 1 aliphatic rings. The van der Waals surface area contributed by atoms with E-state index in [9.17, 15) is 31.9 Å². The van der Waals surface area contributed by atoms with Crippen molar-refractivity contribution < 1.29 is 36.7 Å². The highest BCUT2D eigenvalue weighted by atomic mass is 35.5. The van der Waals surface area contributed by atoms with E-state index in [1.165, 1.54) is 16.8 Å². The van der Waals surface area contributed by atoms with E-state index in [-0.39, 0.29) is 47.4 Å². The van der Waals surface area contributed by atoms with Crippen molar-refractivity contribution in [3.05, 3.63) is 95.4 Å². The summed E-state index contributed by atoms with van der Waals surface area (Å²) in [5.74, 6) is -1.54. The largest absolute Gasteiger partial charge is 0.460 e. The average Bonchev–Trinajstić information content (AvgIpc) is 3.23. The number of alkyl halides is 3. The van der Waals surface area contributed by atoms with Crippen molar-refractivity contribution in [1.29, 1.82) is 0 Å². The van der Waals surface area contributed by atoms with Gasteiger partial charge in [-0.25, -0.2) is 9.18 Å². The molecule has 0 bridgehead atoms. The summed E-state index contributed by atoms with van der Waals surface area (Å²) in [5.41, 5.74) is 0.300. The molecule has 41 heavy (non-hydrogen) atoms. The van der Waals surface area contributed by atoms with Crippen molar-refractivity contribution in [2.75, 3.05) is 17.2 Å². The number of esters is 1. The lowest BCUT2D eigenvalue weighted by molar-refractivity contribution is -0.149. The first-order valence-corrected chi connectivity index (χ1v) is 12.2. The minimum Gasteiger partial charge on any atom is -0.460 e. The molecule has 1 unspecified atom stereocenters. The monoisotopic (exact) mass is 590 g/mol. The van der Waals surface area contributed by atoms with E-state index in [2.05, 4.69) is 16.0 Å². The van der Waals surface area contributed by atoms with Crippen LogP contribution in [-0.4, -0.2) is 35.1 Å². The number of amides is 2. The van der Waals surface area contributed by atoms with Crippen molar-refractivity contribution >= 4 is 52.6 Å². The highest BCUT2D eigenvalue weighted by Crippen LogP contribution is 2.31. The zero-order valence-electron chi connectivity index (χ0n) is 21.1. The summed E-state index contributed by atoms with van der Waals surface area (Å²) < 4.78 is 59.2. The number of urea groups is 1. The molecule has 1 saturated heterocycles. The van der Waals surface area contributed by atoms with Crippen molar-refractivity contribution in [1.82, 2.24) is 9.88 Å². The molecular weight excluding hydrogens is 568 g/mol. The topological polar surface area (TPSA) is 101 Å². The smallest absolute Gasteiger partial charge is 0.416 e. The Morgan fingerprint density at radius 2 is 1.71 bits per heavy atom. The number of rotatable bonds is 6. The Kier molecular flexibility index (Phi) is 8.64. The summed E-state index contributed by atoms with van der Waals surface area (Å²) >= 11 is 0. The predicted octanol–water partition coefficient (Wildman–Crippen LogP) is 5.96. The number of hydrogen-bond donors (Lipinski definition) is 3. The van der Waals surface area contributed by atoms with E-state index in [4.69, 9.17) is 4.74 Å². The van der Waals surface area contributed by atoms with Gasteiger partial charge in [0, 0.05) is 28.4 Å². The first-order chi connectivity index (χ1) is 19.1. The number of hydrogen-bond acceptors (Lipinski definition) is 5. The highest BCUT2D eigenvalue weighted by molar-refractivity contribution is 6.10. The van der Waals surface area contributed by atoms with Gasteiger partial charge in [0.25, 0.3) is 5.91 Å². The van der Waals surface area contributed by atoms with Crippen LogP contribution in [0.15, 0.2) is 72.9 Å². The number of anilines is 2. The standard InChI is InChI=1S/C28H22F4N4O4.ClH/c29-18-7-10-24-21(13-18)23(35-27(39)34-19-8-5-17(6-9-19)28(30,31)32)14-36(24)25(37)20-4-2-1-3-16(20)15-40-26(38)22-11-12-33-22;/h1-10,13-14,22,33H,11-12,15H2,(H2,34,35,39);1H. The number of benzene rings is 3. The lowest BCUT2D eigenvalue weighted by Gasteiger charge is -2.25. The van der Waals surface area contributed by atoms with Crippen LogP contribution in [0.25, 0.3) is 10.9 Å². The van der Waals surface area contributed by atoms with Gasteiger partial charge in [0.2, 0.25) is 0 Å². The summed E-state index contributed by atoms with van der Waals surface area (Å²) in [6.45, 7) is 0.599. The Balaban J connectivity index is 0.00000387. The van der Waals surface area contributed by atoms with Crippen molar-refractivity contribution in [3.8, 4) is 0 Å². The number of nitrogens with one attached hydrogen (secondary N) is 3. The minimum atomic E-state index is -4.52. The SMILES string of the molecule is Cl.O=C(Nc1ccc(C(F)(F)F)cc1)Nc1cn(C(=O)c2ccccc2COC(=O)C2CCN2)c2ccc(F)cc12. The summed E-state index contributed by atoms with van der Waals surface area (Å²) in [6.07, 6.45) is -2.53. The van der Waals surface area contributed by atoms with Gasteiger partial charge >= 0.3 is 18.2 Å². The zero-order chi connectivity index (χ0) is 28.4. The van der Waals surface area contributed by atoms with Crippen LogP contribution in [0.4, 0.5) is 33.7 Å². The third kappa shape index (κ3) is 6.50. The lowest BCUT2D eigenvalue weighted by atomic mass is 10.1. The van der Waals surface area contributed by atoms with E-state index >= 15 is 0 Å². The van der Waals surface area contributed by atoms with Crippen LogP contribution >= 0.6 is 12.4 Å². The first-order valence-electron chi connectivity index (χ1n) is 12.2. The zero-order valence-corrected chi connectivity index (χ0v) is 21.9. The number of carbonyl (C=O) groups is 3. The van der Waals surface area contributed by atoms with Crippen LogP contribution < -0.4 is 16.0 Å². The number of fused-ring (bicyclic) bond motifs is 1. The molecule has 0 aliphatic carbocycles. The number of ether oxygens (including phenoxy) is 1. The van der Waals surface area contributed by atoms with E-state index in [0.717, 1.165) is 42.9 Å². The molecule has 214 valence electrons.